The summed E-state index contributed by atoms with van der Waals surface area (Å²) in [4.78, 5) is 0. The van der Waals surface area contributed by atoms with Crippen LogP contribution in [0.2, 0.25) is 0 Å². The number of hydrogen-bond donors (Lipinski definition) is 0. The fourth-order valence-electron chi connectivity index (χ4n) is 1.04. The SMILES string of the molecule is [C]1=C/C=C/C=C\CC/C=C\CC\1. The Kier molecular flexibility index (Phi) is 5.02. The Labute approximate surface area is 75.0 Å². The van der Waals surface area contributed by atoms with E-state index >= 15 is 0 Å². The molecule has 0 N–H and O–H groups in total. The van der Waals surface area contributed by atoms with Gasteiger partial charge in [0.15, 0.2) is 0 Å². The third-order valence-corrected chi connectivity index (χ3v) is 1.69. The highest BCUT2D eigenvalue weighted by Gasteiger charge is 1.79. The van der Waals surface area contributed by atoms with Gasteiger partial charge in [-0.05, 0) is 31.8 Å². The van der Waals surface area contributed by atoms with E-state index in [-0.39, 0.29) is 0 Å². The van der Waals surface area contributed by atoms with E-state index in [2.05, 4.69) is 36.5 Å². The molecule has 12 heavy (non-hydrogen) atoms. The Hall–Kier alpha value is -1.04. The molecule has 0 nitrogen and oxygen atoms in total. The summed E-state index contributed by atoms with van der Waals surface area (Å²) in [5.41, 5.74) is 0. The maximum atomic E-state index is 3.21. The molecular formula is C12H15. The molecule has 0 heteroatoms. The minimum absolute atomic E-state index is 1.03. The molecule has 0 aromatic heterocycles. The smallest absolute Gasteiger partial charge is 0.0241 e. The topological polar surface area (TPSA) is 0 Å². The summed E-state index contributed by atoms with van der Waals surface area (Å²) in [5.74, 6) is 0. The van der Waals surface area contributed by atoms with Crippen LogP contribution < -0.4 is 0 Å². The van der Waals surface area contributed by atoms with Crippen LogP contribution in [0.1, 0.15) is 25.7 Å². The summed E-state index contributed by atoms with van der Waals surface area (Å²) >= 11 is 0. The molecule has 0 heterocycles. The van der Waals surface area contributed by atoms with Gasteiger partial charge in [0.2, 0.25) is 0 Å². The molecule has 0 fully saturated rings. The van der Waals surface area contributed by atoms with Crippen molar-refractivity contribution in [2.45, 2.75) is 25.7 Å². The lowest BCUT2D eigenvalue weighted by Gasteiger charge is -1.88. The first-order valence-corrected chi connectivity index (χ1v) is 4.53. The number of rotatable bonds is 0. The van der Waals surface area contributed by atoms with E-state index in [1.165, 1.54) is 0 Å². The molecule has 1 aliphatic carbocycles. The van der Waals surface area contributed by atoms with Gasteiger partial charge in [0.05, 0.1) is 0 Å². The fraction of sp³-hybridized carbons (Fsp3) is 0.333. The Bertz CT molecular complexity index is 182. The van der Waals surface area contributed by atoms with E-state index in [1.54, 1.807) is 0 Å². The summed E-state index contributed by atoms with van der Waals surface area (Å²) in [5, 5.41) is 0. The molecule has 1 aliphatic rings. The highest BCUT2D eigenvalue weighted by atomic mass is 13.9. The van der Waals surface area contributed by atoms with Gasteiger partial charge < -0.3 is 0 Å². The summed E-state index contributed by atoms with van der Waals surface area (Å²) in [6.45, 7) is 0. The molecule has 1 radical (unpaired) electrons. The number of allylic oxidation sites excluding steroid dienone is 8. The third kappa shape index (κ3) is 4.73. The standard InChI is InChI=1S/C12H15/c1-2-4-6-8-10-12-11-9-7-5-3-1/h1-5,10,12H,6,8-9,11H2/b3-1+,4-2-,7-5?,12-10-. The molecule has 0 unspecified atom stereocenters. The predicted molar refractivity (Wildman–Crippen MR) is 53.7 cm³/mol. The van der Waals surface area contributed by atoms with Crippen molar-refractivity contribution >= 4 is 0 Å². The Balaban J connectivity index is 2.42. The van der Waals surface area contributed by atoms with Gasteiger partial charge in [0.25, 0.3) is 0 Å². The highest BCUT2D eigenvalue weighted by molar-refractivity contribution is 5.10. The summed E-state index contributed by atoms with van der Waals surface area (Å²) in [6.07, 6.45) is 22.5. The average Bonchev–Trinajstić information content (AvgIpc) is 2.05. The van der Waals surface area contributed by atoms with Gasteiger partial charge in [-0.15, -0.1) is 0 Å². The maximum absolute atomic E-state index is 3.21. The molecule has 1 rings (SSSR count). The van der Waals surface area contributed by atoms with Crippen molar-refractivity contribution < 1.29 is 0 Å². The molecule has 0 aromatic carbocycles. The second kappa shape index (κ2) is 6.66. The Morgan fingerprint density at radius 1 is 0.750 bits per heavy atom. The molecule has 0 amide bonds. The molecule has 0 saturated heterocycles. The zero-order valence-corrected chi connectivity index (χ0v) is 7.37. The van der Waals surface area contributed by atoms with E-state index in [9.17, 15) is 0 Å². The molecule has 0 aliphatic heterocycles. The zero-order valence-electron chi connectivity index (χ0n) is 7.37. The van der Waals surface area contributed by atoms with Crippen LogP contribution >= 0.6 is 0 Å². The van der Waals surface area contributed by atoms with Crippen LogP contribution in [0.15, 0.2) is 42.5 Å². The molecule has 0 saturated carbocycles. The first-order valence-electron chi connectivity index (χ1n) is 4.53. The van der Waals surface area contributed by atoms with Crippen molar-refractivity contribution in [2.75, 3.05) is 0 Å². The molecule has 0 spiro atoms. The van der Waals surface area contributed by atoms with E-state index in [0.29, 0.717) is 0 Å². The van der Waals surface area contributed by atoms with Gasteiger partial charge in [0, 0.05) is 0 Å². The zero-order chi connectivity index (χ0) is 8.49. The number of hydrogen-bond acceptors (Lipinski definition) is 0. The summed E-state index contributed by atoms with van der Waals surface area (Å²) in [6, 6.07) is 0. The molecule has 63 valence electrons. The van der Waals surface area contributed by atoms with Gasteiger partial charge in [-0.3, -0.25) is 0 Å². The maximum Gasteiger partial charge on any atom is -0.0241 e. The van der Waals surface area contributed by atoms with E-state index in [4.69, 9.17) is 0 Å². The Morgan fingerprint density at radius 2 is 1.58 bits per heavy atom. The van der Waals surface area contributed by atoms with Crippen LogP contribution in [-0.4, -0.2) is 0 Å². The molecule has 0 aromatic rings. The summed E-state index contributed by atoms with van der Waals surface area (Å²) in [7, 11) is 0. The second-order valence-corrected chi connectivity index (χ2v) is 2.77. The van der Waals surface area contributed by atoms with Crippen molar-refractivity contribution in [1.82, 2.24) is 0 Å². The van der Waals surface area contributed by atoms with Gasteiger partial charge in [0.1, 0.15) is 0 Å². The fourth-order valence-corrected chi connectivity index (χ4v) is 1.04. The monoisotopic (exact) mass is 159 g/mol. The van der Waals surface area contributed by atoms with Crippen LogP contribution in [0.5, 0.6) is 0 Å². The van der Waals surface area contributed by atoms with E-state index in [1.807, 2.05) is 12.2 Å². The minimum atomic E-state index is 1.03. The van der Waals surface area contributed by atoms with Crippen LogP contribution in [0, 0.1) is 6.08 Å². The van der Waals surface area contributed by atoms with Crippen molar-refractivity contribution in [3.63, 3.8) is 0 Å². The van der Waals surface area contributed by atoms with Gasteiger partial charge in [-0.1, -0.05) is 42.5 Å². The second-order valence-electron chi connectivity index (χ2n) is 2.77. The van der Waals surface area contributed by atoms with Crippen LogP contribution in [0.3, 0.4) is 0 Å². The van der Waals surface area contributed by atoms with Crippen molar-refractivity contribution in [1.29, 1.82) is 0 Å². The largest absolute Gasteiger partial charge is 0.0882 e. The first-order chi connectivity index (χ1) is 6.00. The van der Waals surface area contributed by atoms with E-state index < -0.39 is 0 Å². The average molecular weight is 159 g/mol. The third-order valence-electron chi connectivity index (χ3n) is 1.69. The first kappa shape index (κ1) is 9.05. The van der Waals surface area contributed by atoms with Crippen LogP contribution in [0.25, 0.3) is 0 Å². The lowest BCUT2D eigenvalue weighted by Crippen LogP contribution is -1.69. The van der Waals surface area contributed by atoms with Gasteiger partial charge >= 0.3 is 0 Å². The van der Waals surface area contributed by atoms with Gasteiger partial charge in [-0.2, -0.15) is 0 Å². The lowest BCUT2D eigenvalue weighted by atomic mass is 10.2. The molecular weight excluding hydrogens is 144 g/mol. The minimum Gasteiger partial charge on any atom is -0.0882 e. The molecule has 0 bridgehead atoms. The van der Waals surface area contributed by atoms with Gasteiger partial charge in [-0.25, -0.2) is 0 Å². The lowest BCUT2D eigenvalue weighted by molar-refractivity contribution is 0.991. The van der Waals surface area contributed by atoms with Crippen molar-refractivity contribution in [3.8, 4) is 0 Å². The quantitative estimate of drug-likeness (QED) is 0.474. The van der Waals surface area contributed by atoms with Crippen LogP contribution in [0.4, 0.5) is 0 Å². The highest BCUT2D eigenvalue weighted by Crippen LogP contribution is 1.98. The van der Waals surface area contributed by atoms with Crippen molar-refractivity contribution in [2.24, 2.45) is 0 Å². The summed E-state index contributed by atoms with van der Waals surface area (Å²) < 4.78 is 0. The Morgan fingerprint density at radius 3 is 2.58 bits per heavy atom. The van der Waals surface area contributed by atoms with Crippen molar-refractivity contribution in [3.05, 3.63) is 48.6 Å². The normalized spacial score (nSPS) is 29.3. The van der Waals surface area contributed by atoms with E-state index in [0.717, 1.165) is 25.7 Å². The molecule has 0 atom stereocenters. The predicted octanol–water partition coefficient (Wildman–Crippen LogP) is 3.59. The van der Waals surface area contributed by atoms with Crippen LogP contribution in [-0.2, 0) is 0 Å².